The third-order valence-electron chi connectivity index (χ3n) is 19.9. The fraction of sp³-hybridized carbons (Fsp3) is 0.522. The fourth-order valence-electron chi connectivity index (χ4n) is 14.0. The normalized spacial score (nSPS) is 13.8. The van der Waals surface area contributed by atoms with Crippen molar-refractivity contribution in [3.63, 3.8) is 0 Å². The van der Waals surface area contributed by atoms with Gasteiger partial charge in [-0.3, -0.25) is 0 Å². The first-order chi connectivity index (χ1) is 44.7. The number of rotatable bonds is 7. The fourth-order valence-corrected chi connectivity index (χ4v) is 16.8. The third kappa shape index (κ3) is 15.3. The monoisotopic (exact) mass is 1380 g/mol. The molecular formula is C92H120O6S2-6. The van der Waals surface area contributed by atoms with E-state index in [1.165, 1.54) is 0 Å². The summed E-state index contributed by atoms with van der Waals surface area (Å²) in [6.45, 7) is 75.8. The lowest BCUT2D eigenvalue weighted by atomic mass is 9.74. The van der Waals surface area contributed by atoms with E-state index in [1.54, 1.807) is 22.7 Å². The van der Waals surface area contributed by atoms with Gasteiger partial charge in [0.25, 0.3) is 0 Å². The summed E-state index contributed by atoms with van der Waals surface area (Å²) >= 11 is 3.31. The number of hydrogen-bond acceptors (Lipinski definition) is 8. The lowest BCUT2D eigenvalue weighted by Gasteiger charge is -2.35. The topological polar surface area (TPSA) is 138 Å². The summed E-state index contributed by atoms with van der Waals surface area (Å²) in [6, 6.07) is 25.4. The van der Waals surface area contributed by atoms with Crippen molar-refractivity contribution in [2.24, 2.45) is 0 Å². The Morgan fingerprint density at radius 3 is 0.370 bits per heavy atom. The summed E-state index contributed by atoms with van der Waals surface area (Å²) in [6.07, 6.45) is 0. The second kappa shape index (κ2) is 25.2. The van der Waals surface area contributed by atoms with Gasteiger partial charge in [-0.2, -0.15) is 0 Å². The van der Waals surface area contributed by atoms with E-state index in [2.05, 4.69) is 322 Å². The average molecular weight is 1390 g/mol. The van der Waals surface area contributed by atoms with E-state index in [4.69, 9.17) is 0 Å². The molecule has 0 unspecified atom stereocenters. The maximum atomic E-state index is 15.6. The molecule has 0 N–H and O–H groups in total. The van der Waals surface area contributed by atoms with Crippen molar-refractivity contribution in [1.29, 1.82) is 0 Å². The van der Waals surface area contributed by atoms with Crippen molar-refractivity contribution in [3.8, 4) is 110 Å². The highest BCUT2D eigenvalue weighted by molar-refractivity contribution is 7.27. The molecule has 8 aromatic rings. The Kier molecular flexibility index (Phi) is 19.9. The highest BCUT2D eigenvalue weighted by Crippen LogP contribution is 2.63. The summed E-state index contributed by atoms with van der Waals surface area (Å²) < 4.78 is 0. The SMILES string of the molecule is CC(C)(C)c1cc(-c2sc(-c3sc(-c4cc(C(C)(C)C)c([O-])c(C(C)(C)C)c4)c(-c4cc(C(C)(C)C)c([O-])c(C(C)(C)C)c4)c3-c3cc(C(C)(C)C)c([O-])c(C(C)(C)C)c3)c(-c3cc(C(C)(C)C)c([O-])c(C(C)(C)C)c3)c2-c2cc(C(C)(C)C)c([O-])c(C(C)(C)C)c2)cc(C(C)(C)C)c1[O-]. The van der Waals surface area contributed by atoms with E-state index in [0.29, 0.717) is 66.8 Å². The van der Waals surface area contributed by atoms with Crippen molar-refractivity contribution < 1.29 is 30.6 Å². The van der Waals surface area contributed by atoms with E-state index in [1.807, 2.05) is 0 Å². The van der Waals surface area contributed by atoms with Crippen LogP contribution in [-0.4, -0.2) is 0 Å². The number of benzene rings is 6. The van der Waals surface area contributed by atoms with Crippen LogP contribution in [0.1, 0.15) is 316 Å². The molecule has 8 rings (SSSR count). The minimum absolute atomic E-state index is 0.00127. The molecule has 2 heterocycles. The highest BCUT2D eigenvalue weighted by atomic mass is 32.1. The van der Waals surface area contributed by atoms with Gasteiger partial charge in [-0.1, -0.05) is 322 Å². The average Bonchev–Trinajstić information content (AvgIpc) is 1.53. The molecule has 2 aromatic heterocycles. The molecule has 0 atom stereocenters. The molecule has 6 nitrogen and oxygen atoms in total. The minimum atomic E-state index is -0.629. The van der Waals surface area contributed by atoms with Gasteiger partial charge in [0.2, 0.25) is 0 Å². The Bertz CT molecular complexity index is 4000. The van der Waals surface area contributed by atoms with Crippen LogP contribution in [0.3, 0.4) is 0 Å². The van der Waals surface area contributed by atoms with Crippen molar-refractivity contribution in [3.05, 3.63) is 140 Å². The van der Waals surface area contributed by atoms with Crippen molar-refractivity contribution in [1.82, 2.24) is 0 Å². The van der Waals surface area contributed by atoms with Crippen molar-refractivity contribution >= 4 is 22.7 Å². The summed E-state index contributed by atoms with van der Waals surface area (Å²) in [5.41, 5.74) is 9.14. The van der Waals surface area contributed by atoms with Crippen molar-refractivity contribution in [2.45, 2.75) is 314 Å². The lowest BCUT2D eigenvalue weighted by molar-refractivity contribution is -0.272. The first kappa shape index (κ1) is 79.2. The zero-order valence-corrected chi connectivity index (χ0v) is 69.8. The van der Waals surface area contributed by atoms with E-state index in [9.17, 15) is 0 Å². The maximum Gasteiger partial charge on any atom is 0.0540 e. The predicted molar refractivity (Wildman–Crippen MR) is 421 cm³/mol. The van der Waals surface area contributed by atoms with Crippen LogP contribution in [0, 0.1) is 0 Å². The molecule has 8 heteroatoms. The molecule has 0 aliphatic rings. The molecule has 0 aliphatic carbocycles. The van der Waals surface area contributed by atoms with Gasteiger partial charge in [-0.15, -0.1) is 57.2 Å². The molecule has 100 heavy (non-hydrogen) atoms. The first-order valence-electron chi connectivity index (χ1n) is 36.2. The molecule has 0 radical (unpaired) electrons. The summed E-state index contributed by atoms with van der Waals surface area (Å²) in [4.78, 5) is 3.51. The second-order valence-corrected chi connectivity index (χ2v) is 43.5. The van der Waals surface area contributed by atoms with Gasteiger partial charge >= 0.3 is 0 Å². The zero-order valence-electron chi connectivity index (χ0n) is 68.2. The van der Waals surface area contributed by atoms with Gasteiger partial charge in [0.05, 0.1) is 9.75 Å². The lowest BCUT2D eigenvalue weighted by Crippen LogP contribution is -2.21. The molecular weight excluding hydrogens is 1270 g/mol. The van der Waals surface area contributed by atoms with Crippen LogP contribution in [0.25, 0.3) is 75.1 Å². The molecule has 0 spiro atoms. The number of hydrogen-bond donors (Lipinski definition) is 0. The van der Waals surface area contributed by atoms with Gasteiger partial charge in [0.1, 0.15) is 0 Å². The van der Waals surface area contributed by atoms with Gasteiger partial charge < -0.3 is 30.6 Å². The zero-order chi connectivity index (χ0) is 76.4. The van der Waals surface area contributed by atoms with E-state index < -0.39 is 65.0 Å². The smallest absolute Gasteiger partial charge is 0.0540 e. The predicted octanol–water partition coefficient (Wildman–Crippen LogP) is 23.5. The van der Waals surface area contributed by atoms with Crippen molar-refractivity contribution in [2.75, 3.05) is 0 Å². The Balaban J connectivity index is 1.93. The van der Waals surface area contributed by atoms with Crippen LogP contribution in [0.15, 0.2) is 72.8 Å². The first-order valence-corrected chi connectivity index (χ1v) is 37.9. The Labute approximate surface area is 612 Å². The summed E-state index contributed by atoms with van der Waals surface area (Å²) in [5.74, 6) is -0.0420. The summed E-state index contributed by atoms with van der Waals surface area (Å²) in [7, 11) is 0. The third-order valence-corrected chi connectivity index (χ3v) is 22.6. The molecule has 6 aromatic carbocycles. The Morgan fingerprint density at radius 1 is 0.160 bits per heavy atom. The van der Waals surface area contributed by atoms with Gasteiger partial charge in [0.15, 0.2) is 0 Å². The second-order valence-electron chi connectivity index (χ2n) is 41.4. The molecule has 542 valence electrons. The van der Waals surface area contributed by atoms with Crippen LogP contribution in [0.2, 0.25) is 0 Å². The van der Waals surface area contributed by atoms with Gasteiger partial charge in [0, 0.05) is 32.0 Å². The maximum absolute atomic E-state index is 15.6. The standard InChI is InChI=1S/C92H126O6S2/c1-81(2,3)55-37-49(38-56(71(55)93)82(4,5)6)67-69(51-41-59(85(13,14)15)73(95)60(42-51)86(16,17)18)79(99-77(67)53-45-63(89(25,26)27)75(97)64(46-53)90(28,29)30)80-70(52-43-61(87(19,20)21)74(96)62(44-52)88(22,23)24)68(50-39-57(83(7,8)9)72(94)58(40-50)84(10,11)12)78(100-80)54-47-65(91(31,32)33)76(98)66(48-54)92(34,35)36/h37-48,93-98H,1-36H3/p-6. The van der Waals surface area contributed by atoms with Crippen LogP contribution in [-0.2, 0) is 65.0 Å². The Morgan fingerprint density at radius 2 is 0.260 bits per heavy atom. The molecule has 0 saturated heterocycles. The Hall–Kier alpha value is -6.48. The van der Waals surface area contributed by atoms with E-state index in [-0.39, 0.29) is 34.5 Å². The minimum Gasteiger partial charge on any atom is -0.872 e. The molecule has 0 saturated carbocycles. The van der Waals surface area contributed by atoms with Crippen LogP contribution >= 0.6 is 22.7 Å². The van der Waals surface area contributed by atoms with Gasteiger partial charge in [-0.25, -0.2) is 0 Å². The van der Waals surface area contributed by atoms with Crippen LogP contribution < -0.4 is 30.6 Å². The highest BCUT2D eigenvalue weighted by Gasteiger charge is 2.38. The summed E-state index contributed by atoms with van der Waals surface area (Å²) in [5, 5.41) is 92.8. The molecule has 0 aliphatic heterocycles. The number of thiophene rings is 2. The molecule has 0 amide bonds. The van der Waals surface area contributed by atoms with Crippen LogP contribution in [0.5, 0.6) is 34.5 Å². The quantitative estimate of drug-likeness (QED) is 0.156. The van der Waals surface area contributed by atoms with Gasteiger partial charge in [-0.05, 0) is 165 Å². The van der Waals surface area contributed by atoms with E-state index in [0.717, 1.165) is 75.1 Å². The molecule has 0 bridgehead atoms. The molecule has 0 fully saturated rings. The van der Waals surface area contributed by atoms with E-state index >= 15 is 30.6 Å². The largest absolute Gasteiger partial charge is 0.872 e. The van der Waals surface area contributed by atoms with Crippen LogP contribution in [0.4, 0.5) is 0 Å².